The molecule has 0 aliphatic carbocycles. The van der Waals surface area contributed by atoms with Crippen molar-refractivity contribution < 1.29 is 4.79 Å². The first-order valence-corrected chi connectivity index (χ1v) is 6.09. The van der Waals surface area contributed by atoms with Crippen molar-refractivity contribution in [3.05, 3.63) is 30.4 Å². The summed E-state index contributed by atoms with van der Waals surface area (Å²) in [6.07, 6.45) is 7.48. The summed E-state index contributed by atoms with van der Waals surface area (Å²) in [5.41, 5.74) is 1.29. The van der Waals surface area contributed by atoms with E-state index in [9.17, 15) is 4.79 Å². The van der Waals surface area contributed by atoms with Gasteiger partial charge in [0.2, 0.25) is 0 Å². The number of aromatic nitrogens is 3. The van der Waals surface area contributed by atoms with Crippen molar-refractivity contribution in [2.75, 3.05) is 19.6 Å². The molecule has 2 heterocycles. The molecule has 1 amide bonds. The van der Waals surface area contributed by atoms with Gasteiger partial charge in [-0.05, 0) is 19.5 Å². The minimum atomic E-state index is -0.102. The van der Waals surface area contributed by atoms with E-state index in [1.807, 2.05) is 0 Å². The van der Waals surface area contributed by atoms with Crippen LogP contribution in [-0.2, 0) is 0 Å². The van der Waals surface area contributed by atoms with Crippen molar-refractivity contribution in [3.63, 3.8) is 0 Å². The Labute approximate surface area is 105 Å². The quantitative estimate of drug-likeness (QED) is 0.727. The van der Waals surface area contributed by atoms with Crippen LogP contribution >= 0.6 is 0 Å². The lowest BCUT2D eigenvalue weighted by atomic mass is 10.2. The number of nitrogens with zero attached hydrogens (tertiary/aromatic N) is 3. The fourth-order valence-corrected chi connectivity index (χ4v) is 1.70. The van der Waals surface area contributed by atoms with Crippen LogP contribution in [0.15, 0.2) is 24.8 Å². The summed E-state index contributed by atoms with van der Waals surface area (Å²) in [5, 5.41) is 10.2. The Balaban J connectivity index is 1.93. The van der Waals surface area contributed by atoms with Gasteiger partial charge in [-0.25, -0.2) is 4.52 Å². The van der Waals surface area contributed by atoms with Crippen molar-refractivity contribution in [3.8, 4) is 0 Å². The Morgan fingerprint density at radius 2 is 2.28 bits per heavy atom. The summed E-state index contributed by atoms with van der Waals surface area (Å²) in [6.45, 7) is 4.58. The van der Waals surface area contributed by atoms with Gasteiger partial charge in [-0.3, -0.25) is 9.78 Å². The Kier molecular flexibility index (Phi) is 4.25. The van der Waals surface area contributed by atoms with Gasteiger partial charge in [0.05, 0.1) is 23.5 Å². The molecule has 0 unspecified atom stereocenters. The molecule has 96 valence electrons. The lowest BCUT2D eigenvalue weighted by molar-refractivity contribution is 0.0955. The summed E-state index contributed by atoms with van der Waals surface area (Å²) in [4.78, 5) is 15.9. The minimum absolute atomic E-state index is 0.102. The number of hydrogen-bond donors (Lipinski definition) is 2. The van der Waals surface area contributed by atoms with Gasteiger partial charge in [-0.15, -0.1) is 0 Å². The lowest BCUT2D eigenvalue weighted by Crippen LogP contribution is -2.27. The number of carbonyl (C=O) groups is 1. The van der Waals surface area contributed by atoms with Crippen molar-refractivity contribution in [1.82, 2.24) is 25.2 Å². The summed E-state index contributed by atoms with van der Waals surface area (Å²) in [6, 6.07) is 0. The summed E-state index contributed by atoms with van der Waals surface area (Å²) >= 11 is 0. The normalized spacial score (nSPS) is 10.7. The molecule has 6 nitrogen and oxygen atoms in total. The summed E-state index contributed by atoms with van der Waals surface area (Å²) in [7, 11) is 0. The van der Waals surface area contributed by atoms with E-state index in [1.165, 1.54) is 0 Å². The van der Waals surface area contributed by atoms with Crippen molar-refractivity contribution in [1.29, 1.82) is 0 Å². The van der Waals surface area contributed by atoms with Crippen LogP contribution in [0.2, 0.25) is 0 Å². The molecule has 6 heteroatoms. The smallest absolute Gasteiger partial charge is 0.255 e. The van der Waals surface area contributed by atoms with E-state index < -0.39 is 0 Å². The Morgan fingerprint density at radius 1 is 1.39 bits per heavy atom. The fraction of sp³-hybridized carbons (Fsp3) is 0.417. The SMILES string of the molecule is CCNCCCNC(=O)c1cnn2ccncc12. The number of amides is 1. The van der Waals surface area contributed by atoms with E-state index in [2.05, 4.69) is 27.6 Å². The van der Waals surface area contributed by atoms with Gasteiger partial charge in [0.25, 0.3) is 5.91 Å². The van der Waals surface area contributed by atoms with Crippen LogP contribution in [0.25, 0.3) is 5.52 Å². The fourth-order valence-electron chi connectivity index (χ4n) is 1.70. The third-order valence-electron chi connectivity index (χ3n) is 2.64. The molecule has 0 radical (unpaired) electrons. The van der Waals surface area contributed by atoms with Crippen LogP contribution in [-0.4, -0.2) is 40.1 Å². The number of rotatable bonds is 6. The highest BCUT2D eigenvalue weighted by molar-refractivity contribution is 6.00. The zero-order chi connectivity index (χ0) is 12.8. The van der Waals surface area contributed by atoms with Crippen LogP contribution in [0.5, 0.6) is 0 Å². The molecule has 0 bridgehead atoms. The maximum absolute atomic E-state index is 11.9. The number of carbonyl (C=O) groups excluding carboxylic acids is 1. The molecule has 0 aliphatic rings. The standard InChI is InChI=1S/C12H17N5O/c1-2-13-4-3-5-15-12(18)10-8-16-17-7-6-14-9-11(10)17/h6-9,13H,2-5H2,1H3,(H,15,18). The molecule has 0 saturated carbocycles. The molecular weight excluding hydrogens is 230 g/mol. The highest BCUT2D eigenvalue weighted by Crippen LogP contribution is 2.07. The van der Waals surface area contributed by atoms with Gasteiger partial charge < -0.3 is 10.6 Å². The van der Waals surface area contributed by atoms with Crippen LogP contribution in [0, 0.1) is 0 Å². The largest absolute Gasteiger partial charge is 0.352 e. The second-order valence-electron chi connectivity index (χ2n) is 3.93. The zero-order valence-corrected chi connectivity index (χ0v) is 10.4. The van der Waals surface area contributed by atoms with Crippen LogP contribution in [0.1, 0.15) is 23.7 Å². The molecule has 0 aliphatic heterocycles. The Morgan fingerprint density at radius 3 is 3.11 bits per heavy atom. The topological polar surface area (TPSA) is 71.3 Å². The maximum Gasteiger partial charge on any atom is 0.255 e. The molecule has 2 N–H and O–H groups in total. The number of nitrogens with one attached hydrogen (secondary N) is 2. The van der Waals surface area contributed by atoms with E-state index in [0.717, 1.165) is 25.0 Å². The molecular formula is C12H17N5O. The zero-order valence-electron chi connectivity index (χ0n) is 10.4. The predicted octanol–water partition coefficient (Wildman–Crippen LogP) is 0.459. The molecule has 0 spiro atoms. The average molecular weight is 247 g/mol. The van der Waals surface area contributed by atoms with Gasteiger partial charge in [-0.1, -0.05) is 6.92 Å². The summed E-state index contributed by atoms with van der Waals surface area (Å²) in [5.74, 6) is -0.102. The van der Waals surface area contributed by atoms with Gasteiger partial charge >= 0.3 is 0 Å². The van der Waals surface area contributed by atoms with Gasteiger partial charge in [0, 0.05) is 18.9 Å². The third kappa shape index (κ3) is 2.84. The maximum atomic E-state index is 11.9. The van der Waals surface area contributed by atoms with Gasteiger partial charge in [-0.2, -0.15) is 5.10 Å². The molecule has 2 rings (SSSR count). The monoisotopic (exact) mass is 247 g/mol. The first-order chi connectivity index (χ1) is 8.83. The predicted molar refractivity (Wildman–Crippen MR) is 68.5 cm³/mol. The van der Waals surface area contributed by atoms with E-state index in [4.69, 9.17) is 0 Å². The first kappa shape index (κ1) is 12.5. The highest BCUT2D eigenvalue weighted by atomic mass is 16.1. The van der Waals surface area contributed by atoms with Crippen molar-refractivity contribution >= 4 is 11.4 Å². The Bertz CT molecular complexity index is 522. The van der Waals surface area contributed by atoms with E-state index >= 15 is 0 Å². The minimum Gasteiger partial charge on any atom is -0.352 e. The van der Waals surface area contributed by atoms with E-state index in [0.29, 0.717) is 12.1 Å². The molecule has 2 aromatic heterocycles. The van der Waals surface area contributed by atoms with Crippen LogP contribution in [0.3, 0.4) is 0 Å². The Hall–Kier alpha value is -1.95. The van der Waals surface area contributed by atoms with E-state index in [-0.39, 0.29) is 5.91 Å². The molecule has 0 aromatic carbocycles. The van der Waals surface area contributed by atoms with Crippen molar-refractivity contribution in [2.24, 2.45) is 0 Å². The second kappa shape index (κ2) is 6.11. The third-order valence-corrected chi connectivity index (χ3v) is 2.64. The first-order valence-electron chi connectivity index (χ1n) is 6.09. The molecule has 0 saturated heterocycles. The average Bonchev–Trinajstić information content (AvgIpc) is 2.82. The molecule has 0 fully saturated rings. The van der Waals surface area contributed by atoms with Crippen LogP contribution in [0.4, 0.5) is 0 Å². The number of hydrogen-bond acceptors (Lipinski definition) is 4. The molecule has 18 heavy (non-hydrogen) atoms. The lowest BCUT2D eigenvalue weighted by Gasteiger charge is -2.04. The van der Waals surface area contributed by atoms with Gasteiger partial charge in [0.15, 0.2) is 0 Å². The molecule has 2 aromatic rings. The molecule has 0 atom stereocenters. The highest BCUT2D eigenvalue weighted by Gasteiger charge is 2.11. The number of fused-ring (bicyclic) bond motifs is 1. The second-order valence-corrected chi connectivity index (χ2v) is 3.93. The van der Waals surface area contributed by atoms with Crippen molar-refractivity contribution in [2.45, 2.75) is 13.3 Å². The summed E-state index contributed by atoms with van der Waals surface area (Å²) < 4.78 is 1.64. The van der Waals surface area contributed by atoms with Crippen LogP contribution < -0.4 is 10.6 Å². The van der Waals surface area contributed by atoms with Gasteiger partial charge in [0.1, 0.15) is 0 Å². The van der Waals surface area contributed by atoms with E-state index in [1.54, 1.807) is 29.3 Å².